The van der Waals surface area contributed by atoms with Gasteiger partial charge in [-0.05, 0) is 42.8 Å². The van der Waals surface area contributed by atoms with Crippen molar-refractivity contribution >= 4 is 10.8 Å². The molecule has 0 fully saturated rings. The minimum atomic E-state index is 0.691. The first-order chi connectivity index (χ1) is 8.16. The molecule has 1 unspecified atom stereocenters. The summed E-state index contributed by atoms with van der Waals surface area (Å²) in [7, 11) is 4.28. The van der Waals surface area contributed by atoms with Gasteiger partial charge in [0.2, 0.25) is 0 Å². The average molecular weight is 227 g/mol. The smallest absolute Gasteiger partial charge is 0.000410 e. The fourth-order valence-corrected chi connectivity index (χ4v) is 2.53. The first-order valence-electron chi connectivity index (χ1n) is 6.28. The van der Waals surface area contributed by atoms with Crippen molar-refractivity contribution in [1.29, 1.82) is 0 Å². The SMILES string of the molecule is CC(Cc1cccc2ccccc12)CN(C)C. The second-order valence-corrected chi connectivity index (χ2v) is 5.21. The van der Waals surface area contributed by atoms with Crippen molar-refractivity contribution in [1.82, 2.24) is 4.90 Å². The lowest BCUT2D eigenvalue weighted by Gasteiger charge is -2.17. The Kier molecular flexibility index (Phi) is 3.80. The maximum absolute atomic E-state index is 2.32. The van der Waals surface area contributed by atoms with Gasteiger partial charge in [-0.25, -0.2) is 0 Å². The van der Waals surface area contributed by atoms with Gasteiger partial charge in [-0.1, -0.05) is 49.4 Å². The Morgan fingerprint density at radius 1 is 1.00 bits per heavy atom. The van der Waals surface area contributed by atoms with Crippen LogP contribution in [0.25, 0.3) is 10.8 Å². The van der Waals surface area contributed by atoms with Crippen LogP contribution in [0.1, 0.15) is 12.5 Å². The molecule has 0 amide bonds. The topological polar surface area (TPSA) is 3.24 Å². The van der Waals surface area contributed by atoms with Crippen molar-refractivity contribution in [2.75, 3.05) is 20.6 Å². The van der Waals surface area contributed by atoms with Crippen LogP contribution in [0, 0.1) is 5.92 Å². The largest absolute Gasteiger partial charge is 0.309 e. The molecule has 0 bridgehead atoms. The Balaban J connectivity index is 2.24. The third-order valence-electron chi connectivity index (χ3n) is 3.13. The quantitative estimate of drug-likeness (QED) is 0.771. The van der Waals surface area contributed by atoms with Crippen molar-refractivity contribution in [3.63, 3.8) is 0 Å². The molecule has 0 saturated heterocycles. The summed E-state index contributed by atoms with van der Waals surface area (Å²) in [5, 5.41) is 2.75. The summed E-state index contributed by atoms with van der Waals surface area (Å²) in [4.78, 5) is 2.26. The van der Waals surface area contributed by atoms with Gasteiger partial charge >= 0.3 is 0 Å². The van der Waals surface area contributed by atoms with Gasteiger partial charge < -0.3 is 4.90 Å². The van der Waals surface area contributed by atoms with Gasteiger partial charge in [0, 0.05) is 6.54 Å². The minimum absolute atomic E-state index is 0.691. The molecule has 2 aromatic rings. The molecule has 1 heteroatoms. The van der Waals surface area contributed by atoms with Gasteiger partial charge in [0.15, 0.2) is 0 Å². The van der Waals surface area contributed by atoms with Crippen LogP contribution in [0.4, 0.5) is 0 Å². The third kappa shape index (κ3) is 3.07. The molecule has 0 heterocycles. The van der Waals surface area contributed by atoms with Crippen LogP contribution in [-0.2, 0) is 6.42 Å². The van der Waals surface area contributed by atoms with Crippen molar-refractivity contribution in [2.45, 2.75) is 13.3 Å². The van der Waals surface area contributed by atoms with Crippen molar-refractivity contribution < 1.29 is 0 Å². The van der Waals surface area contributed by atoms with E-state index in [0.717, 1.165) is 13.0 Å². The number of hydrogen-bond acceptors (Lipinski definition) is 1. The molecule has 2 aromatic carbocycles. The summed E-state index contributed by atoms with van der Waals surface area (Å²) in [6.07, 6.45) is 1.15. The summed E-state index contributed by atoms with van der Waals surface area (Å²) in [5.74, 6) is 0.691. The summed E-state index contributed by atoms with van der Waals surface area (Å²) in [6, 6.07) is 15.3. The highest BCUT2D eigenvalue weighted by Gasteiger charge is 2.07. The average Bonchev–Trinajstić information content (AvgIpc) is 2.28. The molecule has 0 spiro atoms. The third-order valence-corrected chi connectivity index (χ3v) is 3.13. The van der Waals surface area contributed by atoms with E-state index in [9.17, 15) is 0 Å². The zero-order valence-electron chi connectivity index (χ0n) is 11.0. The van der Waals surface area contributed by atoms with Gasteiger partial charge in [0.05, 0.1) is 0 Å². The molecular weight excluding hydrogens is 206 g/mol. The number of fused-ring (bicyclic) bond motifs is 1. The zero-order valence-corrected chi connectivity index (χ0v) is 11.0. The lowest BCUT2D eigenvalue weighted by molar-refractivity contribution is 0.338. The van der Waals surface area contributed by atoms with Gasteiger partial charge in [-0.3, -0.25) is 0 Å². The molecule has 90 valence electrons. The Bertz CT molecular complexity index is 482. The highest BCUT2D eigenvalue weighted by atomic mass is 15.1. The van der Waals surface area contributed by atoms with Crippen LogP contribution in [0.2, 0.25) is 0 Å². The molecule has 0 radical (unpaired) electrons. The van der Waals surface area contributed by atoms with E-state index in [-0.39, 0.29) is 0 Å². The summed E-state index contributed by atoms with van der Waals surface area (Å²) in [6.45, 7) is 3.46. The Hall–Kier alpha value is -1.34. The number of hydrogen-bond donors (Lipinski definition) is 0. The molecule has 0 aliphatic heterocycles. The molecule has 1 nitrogen and oxygen atoms in total. The summed E-state index contributed by atoms with van der Waals surface area (Å²) >= 11 is 0. The molecule has 1 atom stereocenters. The predicted octanol–water partition coefficient (Wildman–Crippen LogP) is 3.58. The molecule has 0 aliphatic carbocycles. The molecule has 0 aromatic heterocycles. The van der Waals surface area contributed by atoms with Crippen LogP contribution >= 0.6 is 0 Å². The predicted molar refractivity (Wildman–Crippen MR) is 75.4 cm³/mol. The van der Waals surface area contributed by atoms with Crippen LogP contribution in [0.15, 0.2) is 42.5 Å². The fraction of sp³-hybridized carbons (Fsp3) is 0.375. The van der Waals surface area contributed by atoms with E-state index >= 15 is 0 Å². The van der Waals surface area contributed by atoms with E-state index in [4.69, 9.17) is 0 Å². The van der Waals surface area contributed by atoms with E-state index in [1.165, 1.54) is 16.3 Å². The Morgan fingerprint density at radius 3 is 2.47 bits per heavy atom. The normalized spacial score (nSPS) is 13.2. The molecule has 0 N–H and O–H groups in total. The van der Waals surface area contributed by atoms with Crippen molar-refractivity contribution in [3.05, 3.63) is 48.0 Å². The highest BCUT2D eigenvalue weighted by Crippen LogP contribution is 2.21. The van der Waals surface area contributed by atoms with Crippen LogP contribution in [-0.4, -0.2) is 25.5 Å². The number of rotatable bonds is 4. The number of nitrogens with zero attached hydrogens (tertiary/aromatic N) is 1. The van der Waals surface area contributed by atoms with Gasteiger partial charge in [-0.2, -0.15) is 0 Å². The van der Waals surface area contributed by atoms with Crippen molar-refractivity contribution in [2.24, 2.45) is 5.92 Å². The first-order valence-corrected chi connectivity index (χ1v) is 6.28. The Morgan fingerprint density at radius 2 is 1.71 bits per heavy atom. The highest BCUT2D eigenvalue weighted by molar-refractivity contribution is 5.85. The Labute approximate surface area is 104 Å². The van der Waals surface area contributed by atoms with Gasteiger partial charge in [0.1, 0.15) is 0 Å². The molecule has 17 heavy (non-hydrogen) atoms. The maximum atomic E-state index is 2.32. The maximum Gasteiger partial charge on any atom is 0.000410 e. The second kappa shape index (κ2) is 5.33. The summed E-state index contributed by atoms with van der Waals surface area (Å²) in [5.41, 5.74) is 1.47. The molecule has 0 saturated carbocycles. The van der Waals surface area contributed by atoms with E-state index in [0.29, 0.717) is 5.92 Å². The fourth-order valence-electron chi connectivity index (χ4n) is 2.53. The van der Waals surface area contributed by atoms with Crippen molar-refractivity contribution in [3.8, 4) is 0 Å². The lowest BCUT2D eigenvalue weighted by atomic mass is 9.96. The lowest BCUT2D eigenvalue weighted by Crippen LogP contribution is -2.21. The minimum Gasteiger partial charge on any atom is -0.309 e. The first kappa shape index (κ1) is 12.1. The van der Waals surface area contributed by atoms with Gasteiger partial charge in [0.25, 0.3) is 0 Å². The van der Waals surface area contributed by atoms with E-state index in [1.807, 2.05) is 0 Å². The second-order valence-electron chi connectivity index (χ2n) is 5.21. The molecule has 0 aliphatic rings. The molecule has 2 rings (SSSR count). The van der Waals surface area contributed by atoms with Gasteiger partial charge in [-0.15, -0.1) is 0 Å². The van der Waals surface area contributed by atoms with Crippen LogP contribution < -0.4 is 0 Å². The summed E-state index contributed by atoms with van der Waals surface area (Å²) < 4.78 is 0. The van der Waals surface area contributed by atoms with Crippen LogP contribution in [0.5, 0.6) is 0 Å². The van der Waals surface area contributed by atoms with Crippen LogP contribution in [0.3, 0.4) is 0 Å². The van der Waals surface area contributed by atoms with E-state index < -0.39 is 0 Å². The van der Waals surface area contributed by atoms with E-state index in [1.54, 1.807) is 0 Å². The zero-order chi connectivity index (χ0) is 12.3. The monoisotopic (exact) mass is 227 g/mol. The number of benzene rings is 2. The molecular formula is C16H21N. The van der Waals surface area contributed by atoms with E-state index in [2.05, 4.69) is 68.4 Å². The standard InChI is InChI=1S/C16H21N/c1-13(12-17(2)3)11-15-9-6-8-14-7-4-5-10-16(14)15/h4-10,13H,11-12H2,1-3H3.